The fraction of sp³-hybridized carbons (Fsp3) is 0.417. The van der Waals surface area contributed by atoms with E-state index in [1.165, 1.54) is 0 Å². The van der Waals surface area contributed by atoms with Crippen LogP contribution in [0.1, 0.15) is 5.56 Å². The lowest BCUT2D eigenvalue weighted by Gasteiger charge is -2.14. The Balaban J connectivity index is 3.03. The third-order valence-electron chi connectivity index (χ3n) is 2.37. The smallest absolute Gasteiger partial charge is 0.279 e. The van der Waals surface area contributed by atoms with Gasteiger partial charge < -0.3 is 19.5 Å². The predicted molar refractivity (Wildman–Crippen MR) is 71.8 cm³/mol. The molecule has 0 atom stereocenters. The molecular weight excluding hydrogens is 254 g/mol. The summed E-state index contributed by atoms with van der Waals surface area (Å²) in [6.07, 6.45) is 0. The lowest BCUT2D eigenvalue weighted by Crippen LogP contribution is -2.11. The molecule has 5 nitrogen and oxygen atoms in total. The minimum Gasteiger partial charge on any atom is -0.496 e. The SMILES string of the molecule is CNC(=O)SCc1c(OC)cc(OC)cc1OC. The van der Waals surface area contributed by atoms with Crippen LogP contribution >= 0.6 is 11.8 Å². The Kier molecular flexibility index (Phi) is 5.64. The molecule has 0 saturated heterocycles. The van der Waals surface area contributed by atoms with Crippen molar-refractivity contribution in [1.29, 1.82) is 0 Å². The molecule has 1 N–H and O–H groups in total. The number of benzene rings is 1. The van der Waals surface area contributed by atoms with Gasteiger partial charge in [0.05, 0.1) is 21.3 Å². The van der Waals surface area contributed by atoms with Gasteiger partial charge in [-0.15, -0.1) is 0 Å². The Bertz CT molecular complexity index is 398. The third-order valence-corrected chi connectivity index (χ3v) is 3.27. The standard InChI is InChI=1S/C12H17NO4S/c1-13-12(14)18-7-9-10(16-3)5-8(15-2)6-11(9)17-4/h5-6H,7H2,1-4H3,(H,13,14). The van der Waals surface area contributed by atoms with Crippen LogP contribution in [0.5, 0.6) is 17.2 Å². The monoisotopic (exact) mass is 271 g/mol. The first-order valence-electron chi connectivity index (χ1n) is 5.29. The Labute approximate surface area is 111 Å². The minimum atomic E-state index is -0.102. The van der Waals surface area contributed by atoms with E-state index in [-0.39, 0.29) is 5.24 Å². The molecule has 6 heteroatoms. The molecule has 0 unspecified atom stereocenters. The van der Waals surface area contributed by atoms with Crippen LogP contribution in [0.3, 0.4) is 0 Å². The van der Waals surface area contributed by atoms with Crippen molar-refractivity contribution in [3.63, 3.8) is 0 Å². The zero-order valence-electron chi connectivity index (χ0n) is 10.9. The van der Waals surface area contributed by atoms with Crippen molar-refractivity contribution in [2.24, 2.45) is 0 Å². The molecule has 100 valence electrons. The summed E-state index contributed by atoms with van der Waals surface area (Å²) < 4.78 is 15.7. The lowest BCUT2D eigenvalue weighted by atomic mass is 10.2. The van der Waals surface area contributed by atoms with Crippen molar-refractivity contribution in [1.82, 2.24) is 5.32 Å². The van der Waals surface area contributed by atoms with Gasteiger partial charge in [0.2, 0.25) is 0 Å². The third kappa shape index (κ3) is 3.46. The highest BCUT2D eigenvalue weighted by molar-refractivity contribution is 8.12. The number of hydrogen-bond acceptors (Lipinski definition) is 5. The van der Waals surface area contributed by atoms with Crippen LogP contribution in [0.15, 0.2) is 12.1 Å². The van der Waals surface area contributed by atoms with E-state index in [1.54, 1.807) is 40.5 Å². The molecule has 0 aliphatic rings. The van der Waals surface area contributed by atoms with Gasteiger partial charge in [-0.3, -0.25) is 4.79 Å². The molecule has 0 saturated carbocycles. The highest BCUT2D eigenvalue weighted by atomic mass is 32.2. The van der Waals surface area contributed by atoms with Crippen LogP contribution < -0.4 is 19.5 Å². The van der Waals surface area contributed by atoms with Crippen molar-refractivity contribution >= 4 is 17.0 Å². The molecule has 18 heavy (non-hydrogen) atoms. The number of carbonyl (C=O) groups is 1. The summed E-state index contributed by atoms with van der Waals surface area (Å²) in [7, 11) is 6.32. The van der Waals surface area contributed by atoms with E-state index in [4.69, 9.17) is 14.2 Å². The first-order chi connectivity index (χ1) is 8.65. The van der Waals surface area contributed by atoms with Gasteiger partial charge in [0.15, 0.2) is 0 Å². The number of amides is 1. The fourth-order valence-electron chi connectivity index (χ4n) is 1.43. The zero-order valence-corrected chi connectivity index (χ0v) is 11.7. The van der Waals surface area contributed by atoms with Gasteiger partial charge in [0.25, 0.3) is 5.24 Å². The van der Waals surface area contributed by atoms with Gasteiger partial charge in [-0.05, 0) is 0 Å². The van der Waals surface area contributed by atoms with Gasteiger partial charge in [-0.1, -0.05) is 11.8 Å². The number of thioether (sulfide) groups is 1. The van der Waals surface area contributed by atoms with Crippen LogP contribution in [-0.4, -0.2) is 33.6 Å². The van der Waals surface area contributed by atoms with E-state index in [1.807, 2.05) is 0 Å². The molecule has 0 fully saturated rings. The molecule has 0 bridgehead atoms. The maximum Gasteiger partial charge on any atom is 0.279 e. The van der Waals surface area contributed by atoms with E-state index in [0.29, 0.717) is 23.0 Å². The average molecular weight is 271 g/mol. The maximum absolute atomic E-state index is 11.3. The minimum absolute atomic E-state index is 0.102. The second kappa shape index (κ2) is 7.00. The first kappa shape index (κ1) is 14.5. The van der Waals surface area contributed by atoms with Crippen molar-refractivity contribution in [3.8, 4) is 17.2 Å². The topological polar surface area (TPSA) is 56.8 Å². The Morgan fingerprint density at radius 3 is 2.11 bits per heavy atom. The number of nitrogens with one attached hydrogen (secondary N) is 1. The Hall–Kier alpha value is -1.56. The quantitative estimate of drug-likeness (QED) is 0.890. The van der Waals surface area contributed by atoms with Crippen LogP contribution in [0.4, 0.5) is 4.79 Å². The van der Waals surface area contributed by atoms with Gasteiger partial charge in [-0.2, -0.15) is 0 Å². The largest absolute Gasteiger partial charge is 0.496 e. The highest BCUT2D eigenvalue weighted by Crippen LogP contribution is 2.36. The lowest BCUT2D eigenvalue weighted by molar-refractivity contribution is 0.262. The molecule has 1 aromatic carbocycles. The van der Waals surface area contributed by atoms with Gasteiger partial charge in [0, 0.05) is 30.5 Å². The molecule has 0 spiro atoms. The van der Waals surface area contributed by atoms with E-state index in [2.05, 4.69) is 5.32 Å². The number of ether oxygens (including phenoxy) is 3. The van der Waals surface area contributed by atoms with Gasteiger partial charge in [0.1, 0.15) is 17.2 Å². The van der Waals surface area contributed by atoms with Crippen molar-refractivity contribution in [2.75, 3.05) is 28.4 Å². The summed E-state index contributed by atoms with van der Waals surface area (Å²) in [5.41, 5.74) is 0.828. The van der Waals surface area contributed by atoms with Crippen LogP contribution in [0, 0.1) is 0 Å². The normalized spacial score (nSPS) is 9.78. The van der Waals surface area contributed by atoms with Crippen molar-refractivity contribution in [2.45, 2.75) is 5.75 Å². The summed E-state index contributed by atoms with van der Waals surface area (Å²) in [6.45, 7) is 0. The molecule has 0 aliphatic heterocycles. The molecule has 1 rings (SSSR count). The summed E-state index contributed by atoms with van der Waals surface area (Å²) in [5, 5.41) is 2.45. The first-order valence-corrected chi connectivity index (χ1v) is 6.28. The van der Waals surface area contributed by atoms with Crippen molar-refractivity contribution < 1.29 is 19.0 Å². The summed E-state index contributed by atoms with van der Waals surface area (Å²) in [5.74, 6) is 2.40. The van der Waals surface area contributed by atoms with E-state index < -0.39 is 0 Å². The van der Waals surface area contributed by atoms with E-state index in [9.17, 15) is 4.79 Å². The number of methoxy groups -OCH3 is 3. The molecule has 1 aromatic rings. The zero-order chi connectivity index (χ0) is 13.5. The number of carbonyl (C=O) groups excluding carboxylic acids is 1. The van der Waals surface area contributed by atoms with Gasteiger partial charge >= 0.3 is 0 Å². The van der Waals surface area contributed by atoms with Crippen LogP contribution in [-0.2, 0) is 5.75 Å². The molecular formula is C12H17NO4S. The molecule has 1 amide bonds. The van der Waals surface area contributed by atoms with Crippen molar-refractivity contribution in [3.05, 3.63) is 17.7 Å². The van der Waals surface area contributed by atoms with Crippen LogP contribution in [0.2, 0.25) is 0 Å². The van der Waals surface area contributed by atoms with Gasteiger partial charge in [-0.25, -0.2) is 0 Å². The highest BCUT2D eigenvalue weighted by Gasteiger charge is 2.14. The maximum atomic E-state index is 11.3. The molecule has 0 heterocycles. The molecule has 0 aliphatic carbocycles. The second-order valence-electron chi connectivity index (χ2n) is 3.34. The summed E-state index contributed by atoms with van der Waals surface area (Å²) in [4.78, 5) is 11.3. The van der Waals surface area contributed by atoms with Crippen LogP contribution in [0.25, 0.3) is 0 Å². The Morgan fingerprint density at radius 1 is 1.17 bits per heavy atom. The fourth-order valence-corrected chi connectivity index (χ4v) is 2.13. The average Bonchev–Trinajstić information content (AvgIpc) is 2.43. The Morgan fingerprint density at radius 2 is 1.72 bits per heavy atom. The molecule has 0 radical (unpaired) electrons. The predicted octanol–water partition coefficient (Wildman–Crippen LogP) is 2.29. The summed E-state index contributed by atoms with van der Waals surface area (Å²) >= 11 is 1.15. The number of rotatable bonds is 5. The summed E-state index contributed by atoms with van der Waals surface area (Å²) in [6, 6.07) is 3.53. The van der Waals surface area contributed by atoms with E-state index in [0.717, 1.165) is 17.3 Å². The molecule has 0 aromatic heterocycles. The van der Waals surface area contributed by atoms with E-state index >= 15 is 0 Å². The number of hydrogen-bond donors (Lipinski definition) is 1. The second-order valence-corrected chi connectivity index (χ2v) is 4.28.